The normalized spacial score (nSPS) is 10.7. The third kappa shape index (κ3) is 3.52. The molecule has 0 aliphatic carbocycles. The molecule has 0 amide bonds. The minimum atomic E-state index is -0.377. The summed E-state index contributed by atoms with van der Waals surface area (Å²) in [5.74, 6) is 1.53. The van der Waals surface area contributed by atoms with Gasteiger partial charge in [0.1, 0.15) is 17.1 Å². The number of rotatable bonds is 5. The number of hydrogen-bond acceptors (Lipinski definition) is 8. The van der Waals surface area contributed by atoms with Gasteiger partial charge in [-0.15, -0.1) is 10.2 Å². The van der Waals surface area contributed by atoms with Crippen LogP contribution in [0.2, 0.25) is 0 Å². The molecule has 0 aliphatic heterocycles. The summed E-state index contributed by atoms with van der Waals surface area (Å²) in [5, 5.41) is 8.08. The first-order valence-electron chi connectivity index (χ1n) is 5.32. The fourth-order valence-corrected chi connectivity index (χ4v) is 3.72. The van der Waals surface area contributed by atoms with Gasteiger partial charge >= 0.3 is 5.97 Å². The van der Waals surface area contributed by atoms with Crippen LogP contribution >= 0.6 is 34.9 Å². The predicted octanol–water partition coefficient (Wildman–Crippen LogP) is 3.24. The third-order valence-corrected chi connectivity index (χ3v) is 5.33. The summed E-state index contributed by atoms with van der Waals surface area (Å²) < 4.78 is 12.0. The van der Waals surface area contributed by atoms with Crippen molar-refractivity contribution in [2.24, 2.45) is 0 Å². The lowest BCUT2D eigenvalue weighted by atomic mass is 10.2. The molecule has 2 heterocycles. The number of furan rings is 1. The molecule has 0 bridgehead atoms. The van der Waals surface area contributed by atoms with Gasteiger partial charge in [0.15, 0.2) is 8.68 Å². The first kappa shape index (κ1) is 14.4. The molecule has 0 fully saturated rings. The van der Waals surface area contributed by atoms with Crippen LogP contribution in [0.25, 0.3) is 0 Å². The zero-order valence-electron chi connectivity index (χ0n) is 10.6. The number of carbonyl (C=O) groups excluding carboxylic acids is 1. The molecule has 2 rings (SSSR count). The number of ether oxygens (including phenoxy) is 1. The fraction of sp³-hybridized carbons (Fsp3) is 0.364. The molecule has 8 heteroatoms. The quantitative estimate of drug-likeness (QED) is 0.619. The van der Waals surface area contributed by atoms with E-state index in [9.17, 15) is 4.79 Å². The van der Waals surface area contributed by atoms with Crippen molar-refractivity contribution in [2.45, 2.75) is 21.4 Å². The Hall–Kier alpha value is -0.990. The van der Waals surface area contributed by atoms with Gasteiger partial charge in [-0.2, -0.15) is 0 Å². The van der Waals surface area contributed by atoms with Gasteiger partial charge in [-0.05, 0) is 19.2 Å². The van der Waals surface area contributed by atoms with E-state index in [1.807, 2.05) is 6.26 Å². The van der Waals surface area contributed by atoms with E-state index >= 15 is 0 Å². The van der Waals surface area contributed by atoms with Gasteiger partial charge in [-0.1, -0.05) is 34.9 Å². The van der Waals surface area contributed by atoms with Gasteiger partial charge in [0.05, 0.1) is 12.9 Å². The molecule has 5 nitrogen and oxygen atoms in total. The molecule has 0 aliphatic rings. The highest BCUT2D eigenvalue weighted by atomic mass is 32.2. The van der Waals surface area contributed by atoms with E-state index in [0.717, 1.165) is 14.4 Å². The van der Waals surface area contributed by atoms with E-state index < -0.39 is 0 Å². The molecule has 2 aromatic rings. The van der Waals surface area contributed by atoms with Crippen LogP contribution in [-0.4, -0.2) is 29.5 Å². The van der Waals surface area contributed by atoms with Crippen molar-refractivity contribution < 1.29 is 13.9 Å². The van der Waals surface area contributed by atoms with Crippen molar-refractivity contribution in [1.29, 1.82) is 0 Å². The zero-order valence-corrected chi connectivity index (χ0v) is 13.1. The highest BCUT2D eigenvalue weighted by Crippen LogP contribution is 2.30. The molecule has 102 valence electrons. The van der Waals surface area contributed by atoms with Crippen molar-refractivity contribution in [2.75, 3.05) is 13.4 Å². The van der Waals surface area contributed by atoms with Crippen LogP contribution in [0.15, 0.2) is 19.2 Å². The van der Waals surface area contributed by atoms with Crippen LogP contribution in [0.3, 0.4) is 0 Å². The summed E-state index contributed by atoms with van der Waals surface area (Å²) in [7, 11) is 1.36. The van der Waals surface area contributed by atoms with Gasteiger partial charge in [0.2, 0.25) is 0 Å². The van der Waals surface area contributed by atoms with Gasteiger partial charge < -0.3 is 9.15 Å². The van der Waals surface area contributed by atoms with E-state index in [1.165, 1.54) is 18.9 Å². The minimum absolute atomic E-state index is 0.377. The van der Waals surface area contributed by atoms with Crippen LogP contribution in [0.5, 0.6) is 0 Å². The van der Waals surface area contributed by atoms with E-state index in [0.29, 0.717) is 17.1 Å². The molecule has 0 spiro atoms. The maximum Gasteiger partial charge on any atom is 0.341 e. The minimum Gasteiger partial charge on any atom is -0.465 e. The van der Waals surface area contributed by atoms with Crippen molar-refractivity contribution in [3.05, 3.63) is 23.2 Å². The molecule has 0 saturated carbocycles. The highest BCUT2D eigenvalue weighted by Gasteiger charge is 2.15. The predicted molar refractivity (Wildman–Crippen MR) is 76.0 cm³/mol. The molecule has 0 saturated heterocycles. The Bertz CT molecular complexity index is 580. The van der Waals surface area contributed by atoms with Gasteiger partial charge in [-0.3, -0.25) is 0 Å². The molecule has 0 radical (unpaired) electrons. The summed E-state index contributed by atoms with van der Waals surface area (Å²) in [5.41, 5.74) is 0.472. The lowest BCUT2D eigenvalue weighted by Crippen LogP contribution is -2.00. The maximum absolute atomic E-state index is 11.5. The molecular weight excluding hydrogens is 304 g/mol. The number of methoxy groups -OCH3 is 1. The number of aromatic nitrogens is 2. The fourth-order valence-electron chi connectivity index (χ4n) is 1.40. The lowest BCUT2D eigenvalue weighted by molar-refractivity contribution is 0.0599. The molecule has 0 unspecified atom stereocenters. The second-order valence-corrected chi connectivity index (χ2v) is 6.75. The second kappa shape index (κ2) is 6.44. The van der Waals surface area contributed by atoms with Gasteiger partial charge in [0.25, 0.3) is 0 Å². The number of thioether (sulfide) groups is 2. The second-order valence-electron chi connectivity index (χ2n) is 3.50. The number of carbonyl (C=O) groups is 1. The third-order valence-electron chi connectivity index (χ3n) is 2.27. The van der Waals surface area contributed by atoms with E-state index in [2.05, 4.69) is 14.9 Å². The molecule has 0 aromatic carbocycles. The summed E-state index contributed by atoms with van der Waals surface area (Å²) in [6, 6.07) is 1.71. The number of hydrogen-bond donors (Lipinski definition) is 0. The van der Waals surface area contributed by atoms with Crippen molar-refractivity contribution >= 4 is 40.8 Å². The zero-order chi connectivity index (χ0) is 13.8. The summed E-state index contributed by atoms with van der Waals surface area (Å²) >= 11 is 4.65. The smallest absolute Gasteiger partial charge is 0.341 e. The molecule has 2 aromatic heterocycles. The largest absolute Gasteiger partial charge is 0.465 e. The van der Waals surface area contributed by atoms with Crippen molar-refractivity contribution in [3.63, 3.8) is 0 Å². The number of nitrogens with zero attached hydrogens (tertiary/aromatic N) is 2. The summed E-state index contributed by atoms with van der Waals surface area (Å²) in [6.45, 7) is 1.75. The number of aryl methyl sites for hydroxylation is 1. The molecular formula is C11H12N2O3S3. The molecule has 19 heavy (non-hydrogen) atoms. The highest BCUT2D eigenvalue weighted by molar-refractivity contribution is 8.02. The average Bonchev–Trinajstić information content (AvgIpc) is 3.01. The Labute approximate surface area is 123 Å². The van der Waals surface area contributed by atoms with Gasteiger partial charge in [0, 0.05) is 0 Å². The maximum atomic E-state index is 11.5. The Balaban J connectivity index is 2.01. The van der Waals surface area contributed by atoms with E-state index in [-0.39, 0.29) is 5.97 Å². The standard InChI is InChI=1S/C11H12N2O3S3/c1-6-8(9(14)15-2)4-7(16-6)5-18-11-13-12-10(17-3)19-11/h4H,5H2,1-3H3. The Morgan fingerprint density at radius 3 is 2.84 bits per heavy atom. The van der Waals surface area contributed by atoms with E-state index in [1.54, 1.807) is 36.1 Å². The van der Waals surface area contributed by atoms with Gasteiger partial charge in [-0.25, -0.2) is 4.79 Å². The Morgan fingerprint density at radius 1 is 1.47 bits per heavy atom. The topological polar surface area (TPSA) is 65.2 Å². The van der Waals surface area contributed by atoms with E-state index in [4.69, 9.17) is 4.42 Å². The molecule has 0 N–H and O–H groups in total. The van der Waals surface area contributed by atoms with Crippen LogP contribution in [0, 0.1) is 6.92 Å². The van der Waals surface area contributed by atoms with Crippen LogP contribution in [0.4, 0.5) is 0 Å². The summed E-state index contributed by atoms with van der Waals surface area (Å²) in [4.78, 5) is 11.5. The lowest BCUT2D eigenvalue weighted by Gasteiger charge is -1.93. The van der Waals surface area contributed by atoms with Crippen LogP contribution in [-0.2, 0) is 10.5 Å². The van der Waals surface area contributed by atoms with Crippen LogP contribution in [0.1, 0.15) is 21.9 Å². The van der Waals surface area contributed by atoms with Crippen molar-refractivity contribution in [3.8, 4) is 0 Å². The number of esters is 1. The Morgan fingerprint density at radius 2 is 2.21 bits per heavy atom. The summed E-state index contributed by atoms with van der Waals surface area (Å²) in [6.07, 6.45) is 1.97. The average molecular weight is 316 g/mol. The van der Waals surface area contributed by atoms with Crippen molar-refractivity contribution in [1.82, 2.24) is 10.2 Å². The van der Waals surface area contributed by atoms with Crippen LogP contribution < -0.4 is 0 Å². The first-order chi connectivity index (χ1) is 9.13. The monoisotopic (exact) mass is 316 g/mol. The SMILES string of the molecule is COC(=O)c1cc(CSc2nnc(SC)s2)oc1C. The Kier molecular flexibility index (Phi) is 4.89. The molecule has 0 atom stereocenters. The first-order valence-corrected chi connectivity index (χ1v) is 8.34.